The van der Waals surface area contributed by atoms with Gasteiger partial charge in [0.25, 0.3) is 0 Å². The summed E-state index contributed by atoms with van der Waals surface area (Å²) in [6, 6.07) is 3.71. The molecule has 1 aliphatic heterocycles. The van der Waals surface area contributed by atoms with Crippen molar-refractivity contribution in [3.63, 3.8) is 0 Å². The fourth-order valence-electron chi connectivity index (χ4n) is 2.61. The molecular formula is C14H14FN3O3. The molecule has 0 aliphatic carbocycles. The van der Waals surface area contributed by atoms with Crippen LogP contribution in [0, 0.1) is 5.82 Å². The van der Waals surface area contributed by atoms with E-state index in [0.29, 0.717) is 18.6 Å². The molecule has 0 radical (unpaired) electrons. The number of aromatic nitrogens is 2. The number of fused-ring (bicyclic) bond motifs is 1. The molecule has 21 heavy (non-hydrogen) atoms. The molecule has 1 fully saturated rings. The van der Waals surface area contributed by atoms with Crippen LogP contribution >= 0.6 is 0 Å². The van der Waals surface area contributed by atoms with Crippen molar-refractivity contribution < 1.29 is 9.18 Å². The molecule has 0 bridgehead atoms. The van der Waals surface area contributed by atoms with Crippen molar-refractivity contribution in [1.82, 2.24) is 14.5 Å². The molecule has 110 valence electrons. The van der Waals surface area contributed by atoms with E-state index in [4.69, 9.17) is 0 Å². The van der Waals surface area contributed by atoms with Crippen molar-refractivity contribution >= 4 is 16.9 Å². The third kappa shape index (κ3) is 2.46. The summed E-state index contributed by atoms with van der Waals surface area (Å²) in [6.45, 7) is 1.14. The molecule has 6 nitrogen and oxygen atoms in total. The largest absolute Gasteiger partial charge is 0.341 e. The smallest absolute Gasteiger partial charge is 0.317 e. The first-order chi connectivity index (χ1) is 10.1. The Morgan fingerprint density at radius 3 is 2.67 bits per heavy atom. The summed E-state index contributed by atoms with van der Waals surface area (Å²) in [5.74, 6) is -0.722. The lowest BCUT2D eigenvalue weighted by Crippen LogP contribution is -2.41. The Labute approximate surface area is 118 Å². The molecule has 1 saturated heterocycles. The number of likely N-dealkylation sites (tertiary alicyclic amines) is 1. The molecule has 1 aromatic heterocycles. The minimum atomic E-state index is -0.859. The Bertz CT molecular complexity index is 818. The molecule has 1 amide bonds. The third-order valence-electron chi connectivity index (χ3n) is 3.69. The van der Waals surface area contributed by atoms with Gasteiger partial charge in [-0.15, -0.1) is 0 Å². The fourth-order valence-corrected chi connectivity index (χ4v) is 2.61. The fraction of sp³-hybridized carbons (Fsp3) is 0.357. The molecule has 1 aliphatic rings. The minimum Gasteiger partial charge on any atom is -0.341 e. The molecule has 2 aromatic rings. The van der Waals surface area contributed by atoms with E-state index in [1.807, 2.05) is 0 Å². The Kier molecular flexibility index (Phi) is 3.32. The summed E-state index contributed by atoms with van der Waals surface area (Å²) in [5, 5.41) is 0. The molecule has 0 spiro atoms. The number of hydrogen-bond donors (Lipinski definition) is 1. The van der Waals surface area contributed by atoms with Gasteiger partial charge in [0.1, 0.15) is 12.4 Å². The van der Waals surface area contributed by atoms with Crippen LogP contribution in [0.25, 0.3) is 11.0 Å². The zero-order valence-corrected chi connectivity index (χ0v) is 11.3. The lowest BCUT2D eigenvalue weighted by Gasteiger charge is -2.16. The predicted octanol–water partition coefficient (Wildman–Crippen LogP) is 0.451. The lowest BCUT2D eigenvalue weighted by atomic mass is 10.3. The molecule has 0 saturated carbocycles. The molecule has 1 N–H and O–H groups in total. The maximum atomic E-state index is 13.2. The summed E-state index contributed by atoms with van der Waals surface area (Å²) in [4.78, 5) is 39.8. The Balaban J connectivity index is 2.08. The Hall–Kier alpha value is -2.44. The molecule has 3 rings (SSSR count). The lowest BCUT2D eigenvalue weighted by molar-refractivity contribution is -0.130. The highest BCUT2D eigenvalue weighted by Crippen LogP contribution is 2.12. The van der Waals surface area contributed by atoms with Crippen molar-refractivity contribution in [2.24, 2.45) is 0 Å². The van der Waals surface area contributed by atoms with E-state index in [2.05, 4.69) is 4.98 Å². The second-order valence-corrected chi connectivity index (χ2v) is 5.09. The topological polar surface area (TPSA) is 75.2 Å². The van der Waals surface area contributed by atoms with Crippen LogP contribution in [0.4, 0.5) is 4.39 Å². The highest BCUT2D eigenvalue weighted by molar-refractivity contribution is 5.80. The van der Waals surface area contributed by atoms with Crippen LogP contribution in [0.3, 0.4) is 0 Å². The van der Waals surface area contributed by atoms with Gasteiger partial charge in [0.05, 0.1) is 11.0 Å². The van der Waals surface area contributed by atoms with Crippen LogP contribution in [0.5, 0.6) is 0 Å². The average molecular weight is 291 g/mol. The summed E-state index contributed by atoms with van der Waals surface area (Å²) < 4.78 is 14.3. The summed E-state index contributed by atoms with van der Waals surface area (Å²) in [6.07, 6.45) is 1.89. The number of halogens is 1. The molecule has 1 aromatic carbocycles. The Morgan fingerprint density at radius 2 is 1.95 bits per heavy atom. The van der Waals surface area contributed by atoms with Crippen molar-refractivity contribution in [2.75, 3.05) is 13.1 Å². The van der Waals surface area contributed by atoms with Crippen molar-refractivity contribution in [3.05, 3.63) is 44.7 Å². The van der Waals surface area contributed by atoms with Gasteiger partial charge in [-0.25, -0.2) is 4.39 Å². The first-order valence-corrected chi connectivity index (χ1v) is 6.76. The number of carbonyl (C=O) groups excluding carboxylic acids is 1. The first-order valence-electron chi connectivity index (χ1n) is 6.76. The van der Waals surface area contributed by atoms with Gasteiger partial charge in [-0.05, 0) is 31.0 Å². The normalized spacial score (nSPS) is 14.8. The van der Waals surface area contributed by atoms with E-state index < -0.39 is 16.9 Å². The number of benzene rings is 1. The van der Waals surface area contributed by atoms with E-state index in [1.54, 1.807) is 4.90 Å². The number of nitrogens with zero attached hydrogens (tertiary/aromatic N) is 2. The van der Waals surface area contributed by atoms with E-state index in [0.717, 1.165) is 23.5 Å². The number of carbonyl (C=O) groups is 1. The monoisotopic (exact) mass is 291 g/mol. The summed E-state index contributed by atoms with van der Waals surface area (Å²) >= 11 is 0. The molecule has 2 heterocycles. The van der Waals surface area contributed by atoms with Crippen LogP contribution in [-0.4, -0.2) is 33.4 Å². The average Bonchev–Trinajstić information content (AvgIpc) is 2.97. The minimum absolute atomic E-state index is 0.203. The number of aromatic amines is 1. The van der Waals surface area contributed by atoms with Gasteiger partial charge < -0.3 is 9.88 Å². The van der Waals surface area contributed by atoms with Crippen molar-refractivity contribution in [3.8, 4) is 0 Å². The van der Waals surface area contributed by atoms with Gasteiger partial charge in [0.2, 0.25) is 5.91 Å². The van der Waals surface area contributed by atoms with Crippen molar-refractivity contribution in [1.29, 1.82) is 0 Å². The highest BCUT2D eigenvalue weighted by atomic mass is 19.1. The summed E-state index contributed by atoms with van der Waals surface area (Å²) in [5.41, 5.74) is -1.12. The third-order valence-corrected chi connectivity index (χ3v) is 3.69. The first kappa shape index (κ1) is 13.5. The Morgan fingerprint density at radius 1 is 1.24 bits per heavy atom. The quantitative estimate of drug-likeness (QED) is 0.816. The van der Waals surface area contributed by atoms with Gasteiger partial charge in [-0.3, -0.25) is 19.0 Å². The van der Waals surface area contributed by atoms with Crippen molar-refractivity contribution in [2.45, 2.75) is 19.4 Å². The predicted molar refractivity (Wildman–Crippen MR) is 74.6 cm³/mol. The summed E-state index contributed by atoms with van der Waals surface area (Å²) in [7, 11) is 0. The molecule has 7 heteroatoms. The van der Waals surface area contributed by atoms with Crippen LogP contribution < -0.4 is 11.1 Å². The molecular weight excluding hydrogens is 277 g/mol. The van der Waals surface area contributed by atoms with E-state index in [-0.39, 0.29) is 18.0 Å². The zero-order valence-electron chi connectivity index (χ0n) is 11.3. The maximum Gasteiger partial charge on any atom is 0.317 e. The number of nitrogens with one attached hydrogen (secondary N) is 1. The van der Waals surface area contributed by atoms with E-state index >= 15 is 0 Å². The molecule has 0 unspecified atom stereocenters. The standard InChI is InChI=1S/C14H14FN3O3/c15-9-3-4-11-10(7-9)16-13(20)14(21)18(11)8-12(19)17-5-1-2-6-17/h3-4,7H,1-2,5-6,8H2,(H,16,20). The number of hydrogen-bond acceptors (Lipinski definition) is 3. The van der Waals surface area contributed by atoms with Gasteiger partial charge in [-0.2, -0.15) is 0 Å². The van der Waals surface area contributed by atoms with E-state index in [9.17, 15) is 18.8 Å². The van der Waals surface area contributed by atoms with Crippen LogP contribution in [-0.2, 0) is 11.3 Å². The second-order valence-electron chi connectivity index (χ2n) is 5.09. The number of H-pyrrole nitrogens is 1. The number of amides is 1. The van der Waals surface area contributed by atoms with E-state index in [1.165, 1.54) is 12.1 Å². The highest BCUT2D eigenvalue weighted by Gasteiger charge is 2.20. The second kappa shape index (κ2) is 5.16. The van der Waals surface area contributed by atoms with Gasteiger partial charge in [0, 0.05) is 13.1 Å². The van der Waals surface area contributed by atoms with Crippen LogP contribution in [0.2, 0.25) is 0 Å². The van der Waals surface area contributed by atoms with Crippen LogP contribution in [0.1, 0.15) is 12.8 Å². The van der Waals surface area contributed by atoms with Gasteiger partial charge >= 0.3 is 11.1 Å². The maximum absolute atomic E-state index is 13.2. The zero-order chi connectivity index (χ0) is 15.0. The van der Waals surface area contributed by atoms with Gasteiger partial charge in [0.15, 0.2) is 0 Å². The van der Waals surface area contributed by atoms with Gasteiger partial charge in [-0.1, -0.05) is 0 Å². The molecule has 0 atom stereocenters. The SMILES string of the molecule is O=C(Cn1c(=O)c(=O)[nH]c2cc(F)ccc21)N1CCCC1. The van der Waals surface area contributed by atoms with Crippen LogP contribution in [0.15, 0.2) is 27.8 Å². The number of rotatable bonds is 2.